The Morgan fingerprint density at radius 1 is 1.35 bits per heavy atom. The van der Waals surface area contributed by atoms with Crippen LogP contribution in [0.4, 0.5) is 5.69 Å². The predicted molar refractivity (Wildman–Crippen MR) is 90.6 cm³/mol. The Bertz CT molecular complexity index is 694. The van der Waals surface area contributed by atoms with Crippen LogP contribution < -0.4 is 5.32 Å². The van der Waals surface area contributed by atoms with E-state index in [0.717, 1.165) is 13.0 Å². The summed E-state index contributed by atoms with van der Waals surface area (Å²) >= 11 is 0. The third-order valence-electron chi connectivity index (χ3n) is 4.05. The van der Waals surface area contributed by atoms with Crippen molar-refractivity contribution in [2.75, 3.05) is 26.7 Å². The summed E-state index contributed by atoms with van der Waals surface area (Å²) in [6, 6.07) is 2.75. The van der Waals surface area contributed by atoms with Gasteiger partial charge in [0.05, 0.1) is 9.82 Å². The highest BCUT2D eigenvalue weighted by molar-refractivity contribution is 7.89. The smallest absolute Gasteiger partial charge is 0.273 e. The van der Waals surface area contributed by atoms with Crippen LogP contribution in [0.15, 0.2) is 17.0 Å². The van der Waals surface area contributed by atoms with Crippen LogP contribution in [0, 0.1) is 29.9 Å². The summed E-state index contributed by atoms with van der Waals surface area (Å²) < 4.78 is 27.0. The second-order valence-electron chi connectivity index (χ2n) is 5.74. The van der Waals surface area contributed by atoms with Gasteiger partial charge in [-0.15, -0.1) is 12.4 Å². The molecule has 1 unspecified atom stereocenters. The zero-order chi connectivity index (χ0) is 16.5. The highest BCUT2D eigenvalue weighted by Crippen LogP contribution is 2.30. The largest absolute Gasteiger partial charge is 0.319 e. The Morgan fingerprint density at radius 3 is 2.57 bits per heavy atom. The van der Waals surface area contributed by atoms with E-state index in [9.17, 15) is 18.5 Å². The van der Waals surface area contributed by atoms with Crippen LogP contribution in [-0.4, -0.2) is 44.3 Å². The molecule has 2 rings (SSSR count). The minimum atomic E-state index is -3.69. The Labute approximate surface area is 142 Å². The first kappa shape index (κ1) is 19.8. The SMILES string of the molecule is CNCC1CCN(S(=O)(=O)c2cc([N+](=O)[O-])c(C)cc2C)C1.Cl. The molecule has 23 heavy (non-hydrogen) atoms. The van der Waals surface area contributed by atoms with E-state index in [1.807, 2.05) is 7.05 Å². The lowest BCUT2D eigenvalue weighted by molar-refractivity contribution is -0.385. The standard InChI is InChI=1S/C14H21N3O4S.ClH/c1-10-6-11(2)14(7-13(10)17(18)19)22(20,21)16-5-4-12(9-16)8-15-3;/h6-7,12,15H,4-5,8-9H2,1-3H3;1H. The van der Waals surface area contributed by atoms with Gasteiger partial charge in [-0.25, -0.2) is 8.42 Å². The lowest BCUT2D eigenvalue weighted by Crippen LogP contribution is -2.31. The van der Waals surface area contributed by atoms with Crippen LogP contribution in [0.1, 0.15) is 17.5 Å². The van der Waals surface area contributed by atoms with E-state index in [-0.39, 0.29) is 28.9 Å². The number of sulfonamides is 1. The van der Waals surface area contributed by atoms with Gasteiger partial charge in [0.1, 0.15) is 0 Å². The van der Waals surface area contributed by atoms with E-state index in [4.69, 9.17) is 0 Å². The Kier molecular flexibility index (Phi) is 6.52. The number of rotatable bonds is 5. The molecule has 0 spiro atoms. The molecule has 1 aliphatic heterocycles. The second-order valence-corrected chi connectivity index (χ2v) is 7.64. The maximum absolute atomic E-state index is 12.8. The average Bonchev–Trinajstić information content (AvgIpc) is 2.87. The van der Waals surface area contributed by atoms with Crippen molar-refractivity contribution in [2.45, 2.75) is 25.2 Å². The topological polar surface area (TPSA) is 92.6 Å². The summed E-state index contributed by atoms with van der Waals surface area (Å²) in [6.45, 7) is 4.95. The van der Waals surface area contributed by atoms with E-state index >= 15 is 0 Å². The molecular formula is C14H22ClN3O4S. The number of hydrogen-bond donors (Lipinski definition) is 1. The number of nitrogens with zero attached hydrogens (tertiary/aromatic N) is 2. The molecule has 1 fully saturated rings. The number of nitro groups is 1. The molecular weight excluding hydrogens is 342 g/mol. The van der Waals surface area contributed by atoms with Crippen LogP contribution in [0.25, 0.3) is 0 Å². The van der Waals surface area contributed by atoms with Crippen molar-refractivity contribution in [1.29, 1.82) is 0 Å². The van der Waals surface area contributed by atoms with Crippen molar-refractivity contribution < 1.29 is 13.3 Å². The molecule has 0 aliphatic carbocycles. The van der Waals surface area contributed by atoms with Crippen LogP contribution in [0.3, 0.4) is 0 Å². The zero-order valence-electron chi connectivity index (χ0n) is 13.4. The molecule has 9 heteroatoms. The van der Waals surface area contributed by atoms with Gasteiger partial charge in [-0.2, -0.15) is 4.31 Å². The fourth-order valence-corrected chi connectivity index (χ4v) is 4.66. The van der Waals surface area contributed by atoms with Gasteiger partial charge >= 0.3 is 0 Å². The molecule has 1 atom stereocenters. The lowest BCUT2D eigenvalue weighted by atomic mass is 10.1. The number of halogens is 1. The summed E-state index contributed by atoms with van der Waals surface area (Å²) in [6.07, 6.45) is 0.799. The highest BCUT2D eigenvalue weighted by Gasteiger charge is 2.34. The van der Waals surface area contributed by atoms with Gasteiger partial charge in [0.25, 0.3) is 5.69 Å². The number of nitro benzene ring substituents is 1. The molecule has 7 nitrogen and oxygen atoms in total. The molecule has 1 aromatic rings. The van der Waals surface area contributed by atoms with Gasteiger partial charge < -0.3 is 5.32 Å². The molecule has 0 bridgehead atoms. The quantitative estimate of drug-likeness (QED) is 0.636. The van der Waals surface area contributed by atoms with E-state index < -0.39 is 14.9 Å². The number of benzene rings is 1. The van der Waals surface area contributed by atoms with Gasteiger partial charge in [-0.1, -0.05) is 0 Å². The van der Waals surface area contributed by atoms with E-state index in [2.05, 4.69) is 5.32 Å². The van der Waals surface area contributed by atoms with Crippen molar-refractivity contribution >= 4 is 28.1 Å². The van der Waals surface area contributed by atoms with Crippen molar-refractivity contribution in [3.05, 3.63) is 33.4 Å². The fraction of sp³-hybridized carbons (Fsp3) is 0.571. The molecule has 0 saturated carbocycles. The molecule has 1 saturated heterocycles. The van der Waals surface area contributed by atoms with Crippen molar-refractivity contribution in [1.82, 2.24) is 9.62 Å². The minimum absolute atomic E-state index is 0. The van der Waals surface area contributed by atoms with Crippen molar-refractivity contribution in [3.63, 3.8) is 0 Å². The molecule has 0 radical (unpaired) electrons. The van der Waals surface area contributed by atoms with Gasteiger partial charge in [0.15, 0.2) is 0 Å². The Balaban J connectivity index is 0.00000264. The lowest BCUT2D eigenvalue weighted by Gasteiger charge is -2.18. The number of nitrogens with one attached hydrogen (secondary N) is 1. The van der Waals surface area contributed by atoms with Crippen LogP contribution in [-0.2, 0) is 10.0 Å². The van der Waals surface area contributed by atoms with Gasteiger partial charge in [0.2, 0.25) is 10.0 Å². The number of aryl methyl sites for hydroxylation is 2. The molecule has 1 aliphatic rings. The molecule has 1 N–H and O–H groups in total. The number of hydrogen-bond acceptors (Lipinski definition) is 5. The third kappa shape index (κ3) is 4.00. The first-order valence-electron chi connectivity index (χ1n) is 7.17. The summed E-state index contributed by atoms with van der Waals surface area (Å²) in [7, 11) is -1.85. The molecule has 130 valence electrons. The monoisotopic (exact) mass is 363 g/mol. The molecule has 0 amide bonds. The third-order valence-corrected chi connectivity index (χ3v) is 6.06. The van der Waals surface area contributed by atoms with Crippen LogP contribution >= 0.6 is 12.4 Å². The molecule has 0 aromatic heterocycles. The van der Waals surface area contributed by atoms with E-state index in [1.165, 1.54) is 10.4 Å². The first-order chi connectivity index (χ1) is 10.3. The van der Waals surface area contributed by atoms with Crippen molar-refractivity contribution in [3.8, 4) is 0 Å². The summed E-state index contributed by atoms with van der Waals surface area (Å²) in [5.41, 5.74) is 0.853. The van der Waals surface area contributed by atoms with Gasteiger partial charge in [-0.3, -0.25) is 10.1 Å². The van der Waals surface area contributed by atoms with Crippen molar-refractivity contribution in [2.24, 2.45) is 5.92 Å². The molecule has 1 aromatic carbocycles. The maximum atomic E-state index is 12.8. The van der Waals surface area contributed by atoms with Gasteiger partial charge in [-0.05, 0) is 51.4 Å². The minimum Gasteiger partial charge on any atom is -0.319 e. The Morgan fingerprint density at radius 2 is 2.00 bits per heavy atom. The Hall–Kier alpha value is -1.22. The average molecular weight is 364 g/mol. The first-order valence-corrected chi connectivity index (χ1v) is 8.61. The summed E-state index contributed by atoms with van der Waals surface area (Å²) in [4.78, 5) is 10.6. The zero-order valence-corrected chi connectivity index (χ0v) is 15.0. The predicted octanol–water partition coefficient (Wildman–Crippen LogP) is 1.86. The van der Waals surface area contributed by atoms with Gasteiger partial charge in [0, 0.05) is 24.7 Å². The summed E-state index contributed by atoms with van der Waals surface area (Å²) in [5, 5.41) is 14.1. The maximum Gasteiger partial charge on any atom is 0.273 e. The van der Waals surface area contributed by atoms with Crippen LogP contribution in [0.2, 0.25) is 0 Å². The summed E-state index contributed by atoms with van der Waals surface area (Å²) in [5.74, 6) is 0.278. The fourth-order valence-electron chi connectivity index (χ4n) is 2.91. The van der Waals surface area contributed by atoms with E-state index in [1.54, 1.807) is 19.9 Å². The normalized spacial score (nSPS) is 18.7. The van der Waals surface area contributed by atoms with Crippen LogP contribution in [0.5, 0.6) is 0 Å². The highest BCUT2D eigenvalue weighted by atomic mass is 35.5. The molecule has 1 heterocycles. The van der Waals surface area contributed by atoms with E-state index in [0.29, 0.717) is 24.2 Å². The second kappa shape index (κ2) is 7.57.